The molecule has 5 nitrogen and oxygen atoms in total. The molecule has 0 saturated carbocycles. The number of quaternary nitrogens is 1. The van der Waals surface area contributed by atoms with E-state index < -0.39 is 18.0 Å². The Morgan fingerprint density at radius 2 is 1.17 bits per heavy atom. The fraction of sp³-hybridized carbons (Fsp3) is 0.913. The number of carbonyl (C=O) groups excluding carboxylic acids is 2. The van der Waals surface area contributed by atoms with Gasteiger partial charge in [-0.3, -0.25) is 4.79 Å². The van der Waals surface area contributed by atoms with Crippen LogP contribution >= 0.6 is 12.4 Å². The van der Waals surface area contributed by atoms with Crippen molar-refractivity contribution in [3.63, 3.8) is 0 Å². The van der Waals surface area contributed by atoms with E-state index >= 15 is 0 Å². The molecule has 1 N–H and O–H groups in total. The number of hydrogen-bond donors (Lipinski definition) is 1. The summed E-state index contributed by atoms with van der Waals surface area (Å²) in [6.07, 6.45) is 15.6. The molecule has 0 aliphatic rings. The predicted octanol–water partition coefficient (Wildman–Crippen LogP) is 4.04. The highest BCUT2D eigenvalue weighted by molar-refractivity contribution is 5.90. The molecular formula is C23H46ClNO4. The van der Waals surface area contributed by atoms with Crippen LogP contribution in [0.25, 0.3) is 0 Å². The number of nitrogens with zero attached hydrogens (tertiary/aromatic N) is 1. The Labute approximate surface area is 185 Å². The lowest BCUT2D eigenvalue weighted by Gasteiger charge is -2.34. The number of halogens is 1. The minimum atomic E-state index is -1.83. The molecular weight excluding hydrogens is 390 g/mol. The molecule has 0 amide bonds. The Balaban J connectivity index is 0. The lowest BCUT2D eigenvalue weighted by molar-refractivity contribution is -0.875. The first-order valence-corrected chi connectivity index (χ1v) is 11.4. The van der Waals surface area contributed by atoms with Crippen molar-refractivity contribution >= 4 is 24.2 Å². The zero-order valence-corrected chi connectivity index (χ0v) is 20.2. The van der Waals surface area contributed by atoms with Crippen molar-refractivity contribution in [3.8, 4) is 0 Å². The lowest BCUT2D eigenvalue weighted by atomic mass is 9.89. The highest BCUT2D eigenvalue weighted by Gasteiger charge is 2.40. The summed E-state index contributed by atoms with van der Waals surface area (Å²) < 4.78 is 0.328. The number of rotatable bonds is 19. The maximum absolute atomic E-state index is 12.4. The minimum absolute atomic E-state index is 0. The lowest BCUT2D eigenvalue weighted by Crippen LogP contribution is -2.56. The third-order valence-corrected chi connectivity index (χ3v) is 5.20. The van der Waals surface area contributed by atoms with Crippen molar-refractivity contribution in [3.05, 3.63) is 0 Å². The van der Waals surface area contributed by atoms with Crippen molar-refractivity contribution in [2.24, 2.45) is 0 Å². The zero-order valence-electron chi connectivity index (χ0n) is 19.3. The van der Waals surface area contributed by atoms with E-state index in [1.807, 2.05) is 21.1 Å². The molecule has 0 aliphatic carbocycles. The number of ketones is 1. The van der Waals surface area contributed by atoms with E-state index in [-0.39, 0.29) is 31.2 Å². The summed E-state index contributed by atoms with van der Waals surface area (Å²) in [7, 11) is 5.50. The molecule has 174 valence electrons. The number of carboxylic acids is 1. The Morgan fingerprint density at radius 3 is 1.52 bits per heavy atom. The molecule has 0 rings (SSSR count). The summed E-state index contributed by atoms with van der Waals surface area (Å²) in [4.78, 5) is 23.4. The fourth-order valence-corrected chi connectivity index (χ4v) is 3.80. The smallest absolute Gasteiger partial charge is 0.177 e. The average Bonchev–Trinajstić information content (AvgIpc) is 2.56. The van der Waals surface area contributed by atoms with Gasteiger partial charge in [-0.25, -0.2) is 0 Å². The second-order valence-electron chi connectivity index (χ2n) is 9.44. The molecule has 0 heterocycles. The third kappa shape index (κ3) is 17.9. The molecule has 0 spiro atoms. The van der Waals surface area contributed by atoms with Crippen LogP contribution in [0.15, 0.2) is 0 Å². The van der Waals surface area contributed by atoms with E-state index in [0.29, 0.717) is 10.9 Å². The SMILES string of the molecule is CCCCCCCCCCCCCCCC(=O)C(O)(CC(=O)[O-])C[N+](C)(C)C.Cl. The van der Waals surface area contributed by atoms with Crippen molar-refractivity contribution in [1.82, 2.24) is 0 Å². The number of carbonyl (C=O) groups is 2. The number of hydrogen-bond acceptors (Lipinski definition) is 4. The molecule has 1 atom stereocenters. The van der Waals surface area contributed by atoms with Crippen LogP contribution in [0.2, 0.25) is 0 Å². The van der Waals surface area contributed by atoms with Crippen LogP contribution in [0.4, 0.5) is 0 Å². The van der Waals surface area contributed by atoms with Crippen molar-refractivity contribution < 1.29 is 24.3 Å². The number of aliphatic hydroxyl groups is 1. The Kier molecular flexibility index (Phi) is 18.0. The number of unbranched alkanes of at least 4 members (excludes halogenated alkanes) is 12. The number of carboxylic acid groups (broad SMARTS) is 1. The number of likely N-dealkylation sites (N-methyl/N-ethyl adjacent to an activating group) is 1. The first-order chi connectivity index (χ1) is 13.1. The highest BCUT2D eigenvalue weighted by Crippen LogP contribution is 2.20. The van der Waals surface area contributed by atoms with Gasteiger partial charge >= 0.3 is 0 Å². The molecule has 1 unspecified atom stereocenters. The van der Waals surface area contributed by atoms with E-state index in [1.165, 1.54) is 64.2 Å². The van der Waals surface area contributed by atoms with E-state index in [1.54, 1.807) is 0 Å². The van der Waals surface area contributed by atoms with Crippen molar-refractivity contribution in [2.45, 2.75) is 109 Å². The van der Waals surface area contributed by atoms with Crippen LogP contribution in [0, 0.1) is 0 Å². The maximum atomic E-state index is 12.4. The summed E-state index contributed by atoms with van der Waals surface area (Å²) in [5.41, 5.74) is -1.83. The van der Waals surface area contributed by atoms with Crippen LogP contribution < -0.4 is 5.11 Å². The van der Waals surface area contributed by atoms with Crippen LogP contribution in [0.5, 0.6) is 0 Å². The van der Waals surface area contributed by atoms with Gasteiger partial charge in [0.15, 0.2) is 11.4 Å². The Bertz CT molecular complexity index is 437. The van der Waals surface area contributed by atoms with Crippen molar-refractivity contribution in [1.29, 1.82) is 0 Å². The highest BCUT2D eigenvalue weighted by atomic mass is 35.5. The fourth-order valence-electron chi connectivity index (χ4n) is 3.80. The molecule has 0 fully saturated rings. The molecule has 0 saturated heterocycles. The Hall–Kier alpha value is -0.650. The van der Waals surface area contributed by atoms with Gasteiger partial charge in [0.25, 0.3) is 0 Å². The van der Waals surface area contributed by atoms with Crippen molar-refractivity contribution in [2.75, 3.05) is 27.7 Å². The summed E-state index contributed by atoms with van der Waals surface area (Å²) in [5.74, 6) is -1.75. The van der Waals surface area contributed by atoms with Crippen LogP contribution in [-0.2, 0) is 9.59 Å². The summed E-state index contributed by atoms with van der Waals surface area (Å²) in [6, 6.07) is 0. The Morgan fingerprint density at radius 1 is 0.793 bits per heavy atom. The molecule has 0 aliphatic heterocycles. The molecule has 29 heavy (non-hydrogen) atoms. The second-order valence-corrected chi connectivity index (χ2v) is 9.44. The molecule has 0 bridgehead atoms. The van der Waals surface area contributed by atoms with Gasteiger partial charge < -0.3 is 19.5 Å². The van der Waals surface area contributed by atoms with Gasteiger partial charge in [0.05, 0.1) is 21.1 Å². The average molecular weight is 436 g/mol. The number of Topliss-reactive ketones (excluding diaryl/α,β-unsaturated/α-hetero) is 1. The monoisotopic (exact) mass is 435 g/mol. The van der Waals surface area contributed by atoms with E-state index in [0.717, 1.165) is 12.8 Å². The van der Waals surface area contributed by atoms with Gasteiger partial charge in [0, 0.05) is 18.8 Å². The molecule has 0 aromatic heterocycles. The van der Waals surface area contributed by atoms with Gasteiger partial charge in [-0.05, 0) is 6.42 Å². The standard InChI is InChI=1S/C23H45NO4.ClH/c1-5-6-7-8-9-10-11-12-13-14-15-16-17-18-21(25)23(28,19-22(26)27)20-24(2,3)4;/h28H,5-20H2,1-4H3;1H. The first kappa shape index (κ1) is 30.5. The summed E-state index contributed by atoms with van der Waals surface area (Å²) >= 11 is 0. The normalized spacial score (nSPS) is 13.6. The zero-order chi connectivity index (χ0) is 21.5. The summed E-state index contributed by atoms with van der Waals surface area (Å²) in [6.45, 7) is 2.33. The van der Waals surface area contributed by atoms with E-state index in [4.69, 9.17) is 0 Å². The molecule has 6 heteroatoms. The van der Waals surface area contributed by atoms with Crippen LogP contribution in [0.1, 0.15) is 103 Å². The maximum Gasteiger partial charge on any atom is 0.177 e. The van der Waals surface area contributed by atoms with Crippen LogP contribution in [0.3, 0.4) is 0 Å². The summed E-state index contributed by atoms with van der Waals surface area (Å²) in [5, 5.41) is 21.6. The predicted molar refractivity (Wildman–Crippen MR) is 120 cm³/mol. The molecule has 0 aromatic rings. The van der Waals surface area contributed by atoms with E-state index in [2.05, 4.69) is 6.92 Å². The minimum Gasteiger partial charge on any atom is -0.550 e. The third-order valence-electron chi connectivity index (χ3n) is 5.20. The van der Waals surface area contributed by atoms with Gasteiger partial charge in [-0.1, -0.05) is 84.0 Å². The second kappa shape index (κ2) is 17.1. The van der Waals surface area contributed by atoms with E-state index in [9.17, 15) is 19.8 Å². The quantitative estimate of drug-likeness (QED) is 0.245. The van der Waals surface area contributed by atoms with Crippen LogP contribution in [-0.4, -0.2) is 54.6 Å². The van der Waals surface area contributed by atoms with Gasteiger partial charge in [0.1, 0.15) is 6.54 Å². The largest absolute Gasteiger partial charge is 0.550 e. The molecule has 0 radical (unpaired) electrons. The number of aliphatic carboxylic acids is 1. The van der Waals surface area contributed by atoms with Gasteiger partial charge in [-0.15, -0.1) is 12.4 Å². The molecule has 0 aromatic carbocycles. The first-order valence-electron chi connectivity index (χ1n) is 11.4. The topological polar surface area (TPSA) is 77.4 Å². The van der Waals surface area contributed by atoms with Gasteiger partial charge in [0.2, 0.25) is 0 Å². The van der Waals surface area contributed by atoms with Gasteiger partial charge in [-0.2, -0.15) is 0 Å².